The summed E-state index contributed by atoms with van der Waals surface area (Å²) < 4.78 is 1.87. The van der Waals surface area contributed by atoms with Gasteiger partial charge < -0.3 is 4.90 Å². The van der Waals surface area contributed by atoms with Gasteiger partial charge in [0.25, 0.3) is 0 Å². The van der Waals surface area contributed by atoms with Crippen molar-refractivity contribution in [3.63, 3.8) is 0 Å². The maximum absolute atomic E-state index is 12.3. The van der Waals surface area contributed by atoms with Crippen LogP contribution >= 0.6 is 0 Å². The summed E-state index contributed by atoms with van der Waals surface area (Å²) >= 11 is 0. The van der Waals surface area contributed by atoms with Gasteiger partial charge in [-0.3, -0.25) is 9.69 Å². The third-order valence-electron chi connectivity index (χ3n) is 3.81. The normalized spacial score (nSPS) is 19.9. The third-order valence-corrected chi connectivity index (χ3v) is 3.81. The maximum Gasteiger partial charge on any atom is 0.236 e. The van der Waals surface area contributed by atoms with Crippen molar-refractivity contribution in [1.82, 2.24) is 24.6 Å². The molecule has 1 unspecified atom stereocenters. The summed E-state index contributed by atoms with van der Waals surface area (Å²) in [5, 5.41) is 4.18. The van der Waals surface area contributed by atoms with Gasteiger partial charge in [0, 0.05) is 13.1 Å². The number of likely N-dealkylation sites (N-methyl/N-ethyl adjacent to an activating group) is 1. The SMILES string of the molecule is CCN(CC)CC(=O)N1CCCC(n2cncn2)C1. The zero-order chi connectivity index (χ0) is 13.7. The van der Waals surface area contributed by atoms with Crippen molar-refractivity contribution in [1.29, 1.82) is 0 Å². The van der Waals surface area contributed by atoms with Crippen LogP contribution in [0.1, 0.15) is 32.7 Å². The van der Waals surface area contributed by atoms with Crippen LogP contribution in [0.5, 0.6) is 0 Å². The summed E-state index contributed by atoms with van der Waals surface area (Å²) in [6.45, 7) is 8.16. The average molecular weight is 265 g/mol. The molecule has 1 atom stereocenters. The Morgan fingerprint density at radius 1 is 1.42 bits per heavy atom. The Hall–Kier alpha value is -1.43. The predicted molar refractivity (Wildman–Crippen MR) is 72.7 cm³/mol. The van der Waals surface area contributed by atoms with E-state index < -0.39 is 0 Å². The van der Waals surface area contributed by atoms with Crippen LogP contribution < -0.4 is 0 Å². The molecule has 1 aliphatic rings. The van der Waals surface area contributed by atoms with E-state index >= 15 is 0 Å². The van der Waals surface area contributed by atoms with Crippen molar-refractivity contribution < 1.29 is 4.79 Å². The minimum atomic E-state index is 0.230. The van der Waals surface area contributed by atoms with Crippen LogP contribution in [0, 0.1) is 0 Å². The number of carbonyl (C=O) groups excluding carboxylic acids is 1. The van der Waals surface area contributed by atoms with Gasteiger partial charge in [-0.2, -0.15) is 5.10 Å². The fourth-order valence-corrected chi connectivity index (χ4v) is 2.54. The van der Waals surface area contributed by atoms with Crippen LogP contribution in [0.2, 0.25) is 0 Å². The van der Waals surface area contributed by atoms with E-state index in [0.29, 0.717) is 6.54 Å². The Labute approximate surface area is 114 Å². The van der Waals surface area contributed by atoms with Crippen LogP contribution in [0.15, 0.2) is 12.7 Å². The second-order valence-corrected chi connectivity index (χ2v) is 4.97. The van der Waals surface area contributed by atoms with E-state index in [1.54, 1.807) is 12.7 Å². The highest BCUT2D eigenvalue weighted by molar-refractivity contribution is 5.78. The Kier molecular flexibility index (Phi) is 4.90. The van der Waals surface area contributed by atoms with Crippen molar-refractivity contribution in [2.45, 2.75) is 32.7 Å². The number of aromatic nitrogens is 3. The summed E-state index contributed by atoms with van der Waals surface area (Å²) in [7, 11) is 0. The van der Waals surface area contributed by atoms with Gasteiger partial charge in [-0.15, -0.1) is 0 Å². The first-order valence-corrected chi connectivity index (χ1v) is 7.08. The number of nitrogens with zero attached hydrogens (tertiary/aromatic N) is 5. The Balaban J connectivity index is 1.91. The smallest absolute Gasteiger partial charge is 0.236 e. The minimum Gasteiger partial charge on any atom is -0.339 e. The molecular weight excluding hydrogens is 242 g/mol. The van der Waals surface area contributed by atoms with Gasteiger partial charge in [0.15, 0.2) is 0 Å². The monoisotopic (exact) mass is 265 g/mol. The van der Waals surface area contributed by atoms with Crippen LogP contribution in [0.3, 0.4) is 0 Å². The number of rotatable bonds is 5. The van der Waals surface area contributed by atoms with Crippen LogP contribution in [-0.4, -0.2) is 63.2 Å². The highest BCUT2D eigenvalue weighted by atomic mass is 16.2. The molecule has 0 N–H and O–H groups in total. The third kappa shape index (κ3) is 3.53. The van der Waals surface area contributed by atoms with Gasteiger partial charge in [0.1, 0.15) is 12.7 Å². The van der Waals surface area contributed by atoms with Gasteiger partial charge in [0.05, 0.1) is 12.6 Å². The van der Waals surface area contributed by atoms with Gasteiger partial charge in [0.2, 0.25) is 5.91 Å². The van der Waals surface area contributed by atoms with Crippen molar-refractivity contribution in [2.75, 3.05) is 32.7 Å². The predicted octanol–water partition coefficient (Wildman–Crippen LogP) is 0.783. The molecule has 0 aromatic carbocycles. The van der Waals surface area contributed by atoms with Crippen molar-refractivity contribution in [2.24, 2.45) is 0 Å². The van der Waals surface area contributed by atoms with Gasteiger partial charge in [-0.1, -0.05) is 13.8 Å². The van der Waals surface area contributed by atoms with E-state index in [0.717, 1.165) is 39.0 Å². The highest BCUT2D eigenvalue weighted by Crippen LogP contribution is 2.20. The van der Waals surface area contributed by atoms with E-state index in [-0.39, 0.29) is 11.9 Å². The lowest BCUT2D eigenvalue weighted by molar-refractivity contribution is -0.134. The molecule has 1 aromatic rings. The molecule has 1 saturated heterocycles. The number of amides is 1. The van der Waals surface area contributed by atoms with E-state index in [4.69, 9.17) is 0 Å². The van der Waals surface area contributed by atoms with Crippen LogP contribution in [-0.2, 0) is 4.79 Å². The summed E-state index contributed by atoms with van der Waals surface area (Å²) in [6.07, 6.45) is 5.40. The lowest BCUT2D eigenvalue weighted by Gasteiger charge is -2.33. The molecule has 0 bridgehead atoms. The minimum absolute atomic E-state index is 0.230. The zero-order valence-electron chi connectivity index (χ0n) is 11.8. The molecule has 6 nitrogen and oxygen atoms in total. The molecule has 6 heteroatoms. The number of likely N-dealkylation sites (tertiary alicyclic amines) is 1. The lowest BCUT2D eigenvalue weighted by atomic mass is 10.1. The fourth-order valence-electron chi connectivity index (χ4n) is 2.54. The number of hydrogen-bond donors (Lipinski definition) is 0. The summed E-state index contributed by atoms with van der Waals surface area (Å²) in [4.78, 5) is 20.4. The average Bonchev–Trinajstić information content (AvgIpc) is 2.99. The highest BCUT2D eigenvalue weighted by Gasteiger charge is 2.25. The fraction of sp³-hybridized carbons (Fsp3) is 0.769. The molecule has 1 amide bonds. The second kappa shape index (κ2) is 6.65. The van der Waals surface area contributed by atoms with E-state index in [2.05, 4.69) is 28.8 Å². The standard InChI is InChI=1S/C13H23N5O/c1-3-16(4-2)9-13(19)17-7-5-6-12(8-17)18-11-14-10-15-18/h10-12H,3-9H2,1-2H3. The largest absolute Gasteiger partial charge is 0.339 e. The number of piperidine rings is 1. The zero-order valence-corrected chi connectivity index (χ0v) is 11.8. The van der Waals surface area contributed by atoms with Crippen molar-refractivity contribution in [3.05, 3.63) is 12.7 Å². The molecule has 1 aromatic heterocycles. The summed E-state index contributed by atoms with van der Waals surface area (Å²) in [6, 6.07) is 0.275. The maximum atomic E-state index is 12.3. The number of hydrogen-bond acceptors (Lipinski definition) is 4. The van der Waals surface area contributed by atoms with Crippen LogP contribution in [0.4, 0.5) is 0 Å². The second-order valence-electron chi connectivity index (χ2n) is 4.97. The first-order chi connectivity index (χ1) is 9.24. The van der Waals surface area contributed by atoms with E-state index in [1.807, 2.05) is 9.58 Å². The molecular formula is C13H23N5O. The Bertz CT molecular complexity index is 388. The molecule has 1 fully saturated rings. The van der Waals surface area contributed by atoms with Crippen LogP contribution in [0.25, 0.3) is 0 Å². The lowest BCUT2D eigenvalue weighted by Crippen LogP contribution is -2.45. The molecule has 0 radical (unpaired) electrons. The first kappa shape index (κ1) is 14.0. The molecule has 0 spiro atoms. The number of carbonyl (C=O) groups is 1. The molecule has 0 aliphatic carbocycles. The van der Waals surface area contributed by atoms with Gasteiger partial charge in [-0.25, -0.2) is 9.67 Å². The van der Waals surface area contributed by atoms with Crippen molar-refractivity contribution >= 4 is 5.91 Å². The molecule has 106 valence electrons. The quantitative estimate of drug-likeness (QED) is 0.789. The molecule has 19 heavy (non-hydrogen) atoms. The van der Waals surface area contributed by atoms with Gasteiger partial charge in [-0.05, 0) is 25.9 Å². The van der Waals surface area contributed by atoms with Crippen molar-refractivity contribution in [3.8, 4) is 0 Å². The van der Waals surface area contributed by atoms with Gasteiger partial charge >= 0.3 is 0 Å². The summed E-state index contributed by atoms with van der Waals surface area (Å²) in [5.41, 5.74) is 0. The molecule has 0 saturated carbocycles. The molecule has 1 aliphatic heterocycles. The molecule has 2 rings (SSSR count). The van der Waals surface area contributed by atoms with E-state index in [9.17, 15) is 4.79 Å². The van der Waals surface area contributed by atoms with E-state index in [1.165, 1.54) is 0 Å². The molecule has 2 heterocycles. The Morgan fingerprint density at radius 3 is 2.84 bits per heavy atom. The topological polar surface area (TPSA) is 54.3 Å². The Morgan fingerprint density at radius 2 is 2.21 bits per heavy atom. The summed E-state index contributed by atoms with van der Waals surface area (Å²) in [5.74, 6) is 0.230. The first-order valence-electron chi connectivity index (χ1n) is 7.08.